The van der Waals surface area contributed by atoms with Crippen molar-refractivity contribution >= 4 is 41.4 Å². The molecule has 1 aliphatic rings. The minimum Gasteiger partial charge on any atom is -0.394 e. The van der Waals surface area contributed by atoms with Crippen LogP contribution >= 0.6 is 0 Å². The number of halogens is 3. The van der Waals surface area contributed by atoms with Crippen LogP contribution in [0, 0.1) is 29.3 Å². The van der Waals surface area contributed by atoms with Gasteiger partial charge in [0.25, 0.3) is 0 Å². The molecule has 290 valence electrons. The number of likely N-dealkylation sites (tertiary alicyclic amines) is 1. The Morgan fingerprint density at radius 1 is 0.788 bits per heavy atom. The van der Waals surface area contributed by atoms with Crippen molar-refractivity contribution in [3.63, 3.8) is 0 Å². The average molecular weight is 743 g/mol. The molecular formula is C33H49F3N8O8. The first-order valence-corrected chi connectivity index (χ1v) is 16.8. The molecule has 0 aromatic heterocycles. The number of hydrogen-bond acceptors (Lipinski definition) is 9. The largest absolute Gasteiger partial charge is 0.394 e. The molecule has 6 atom stereocenters. The second kappa shape index (κ2) is 19.7. The number of aliphatic hydroxyl groups is 1. The first-order chi connectivity index (χ1) is 24.2. The van der Waals surface area contributed by atoms with Crippen molar-refractivity contribution < 1.29 is 51.8 Å². The fourth-order valence-electron chi connectivity index (χ4n) is 5.68. The van der Waals surface area contributed by atoms with Crippen molar-refractivity contribution in [3.8, 4) is 0 Å². The molecule has 1 aromatic rings. The molecule has 19 heteroatoms. The van der Waals surface area contributed by atoms with E-state index in [-0.39, 0.29) is 36.8 Å². The van der Waals surface area contributed by atoms with Crippen LogP contribution in [0.1, 0.15) is 65.4 Å². The maximum atomic E-state index is 14.0. The van der Waals surface area contributed by atoms with Gasteiger partial charge in [-0.25, -0.2) is 13.2 Å². The molecule has 16 nitrogen and oxygen atoms in total. The van der Waals surface area contributed by atoms with Crippen LogP contribution in [0.4, 0.5) is 13.2 Å². The van der Waals surface area contributed by atoms with Crippen LogP contribution in [0.5, 0.6) is 0 Å². The predicted molar refractivity (Wildman–Crippen MR) is 179 cm³/mol. The number of rotatable bonds is 19. The highest BCUT2D eigenvalue weighted by atomic mass is 19.2. The van der Waals surface area contributed by atoms with Crippen LogP contribution in [0.3, 0.4) is 0 Å². The Balaban J connectivity index is 2.36. The summed E-state index contributed by atoms with van der Waals surface area (Å²) in [7, 11) is 0. The number of nitrogens with zero attached hydrogens (tertiary/aromatic N) is 1. The van der Waals surface area contributed by atoms with Gasteiger partial charge in [0.15, 0.2) is 17.5 Å². The summed E-state index contributed by atoms with van der Waals surface area (Å²) in [5.74, 6) is -11.5. The smallest absolute Gasteiger partial charge is 0.246 e. The number of nitrogens with two attached hydrogens (primary N) is 3. The molecule has 1 aromatic carbocycles. The minimum atomic E-state index is -1.75. The topological polar surface area (TPSA) is 269 Å². The van der Waals surface area contributed by atoms with E-state index in [1.807, 2.05) is 0 Å². The van der Waals surface area contributed by atoms with E-state index >= 15 is 0 Å². The van der Waals surface area contributed by atoms with Gasteiger partial charge in [-0.3, -0.25) is 33.6 Å². The van der Waals surface area contributed by atoms with Crippen molar-refractivity contribution in [2.75, 3.05) is 13.2 Å². The first kappa shape index (κ1) is 43.4. The van der Waals surface area contributed by atoms with E-state index < -0.39 is 115 Å². The Labute approximate surface area is 299 Å². The lowest BCUT2D eigenvalue weighted by atomic mass is 9.98. The number of amides is 7. The molecule has 0 spiro atoms. The Kier molecular flexibility index (Phi) is 16.5. The monoisotopic (exact) mass is 742 g/mol. The fraction of sp³-hybridized carbons (Fsp3) is 0.606. The fourth-order valence-corrected chi connectivity index (χ4v) is 5.68. The van der Waals surface area contributed by atoms with Crippen molar-refractivity contribution in [3.05, 3.63) is 35.1 Å². The SMILES string of the molecule is CC(C)C[C@H](NC(=O)[C@H](Cc1cc(F)c(F)c(F)c1)NC(=O)[C@@H](N)CO)C(=O)N[C@@H](CC(C)C)C(=O)N[C@@H](CC(N)=O)C(=O)N1CCC[C@H]1C(N)=O. The van der Waals surface area contributed by atoms with E-state index in [2.05, 4.69) is 21.3 Å². The number of benzene rings is 1. The lowest BCUT2D eigenvalue weighted by molar-refractivity contribution is -0.142. The van der Waals surface area contributed by atoms with Crippen LogP contribution in [0.15, 0.2) is 12.1 Å². The lowest BCUT2D eigenvalue weighted by Gasteiger charge is -2.30. The summed E-state index contributed by atoms with van der Waals surface area (Å²) in [5, 5.41) is 19.1. The second-order valence-electron chi connectivity index (χ2n) is 13.6. The molecule has 2 rings (SSSR count). The summed E-state index contributed by atoms with van der Waals surface area (Å²) >= 11 is 0. The maximum Gasteiger partial charge on any atom is 0.246 e. The predicted octanol–water partition coefficient (Wildman–Crippen LogP) is -1.65. The van der Waals surface area contributed by atoms with Crippen molar-refractivity contribution in [1.29, 1.82) is 0 Å². The Morgan fingerprint density at radius 2 is 1.25 bits per heavy atom. The van der Waals surface area contributed by atoms with Crippen LogP contribution in [0.25, 0.3) is 0 Å². The molecule has 11 N–H and O–H groups in total. The Hall–Kier alpha value is -4.78. The highest BCUT2D eigenvalue weighted by Crippen LogP contribution is 2.20. The van der Waals surface area contributed by atoms with Crippen molar-refractivity contribution in [2.45, 2.75) is 102 Å². The number of primary amides is 2. The first-order valence-electron chi connectivity index (χ1n) is 16.8. The number of carbonyl (C=O) groups is 7. The normalized spacial score (nSPS) is 17.1. The van der Waals surface area contributed by atoms with E-state index in [9.17, 15) is 51.8 Å². The number of hydrogen-bond donors (Lipinski definition) is 8. The molecule has 0 aliphatic carbocycles. The quantitative estimate of drug-likeness (QED) is 0.0754. The van der Waals surface area contributed by atoms with Crippen molar-refractivity contribution in [1.82, 2.24) is 26.2 Å². The molecular weight excluding hydrogens is 693 g/mol. The van der Waals surface area contributed by atoms with Gasteiger partial charge in [0, 0.05) is 13.0 Å². The summed E-state index contributed by atoms with van der Waals surface area (Å²) in [6, 6.07) is -6.96. The van der Waals surface area contributed by atoms with Gasteiger partial charge in [-0.1, -0.05) is 27.7 Å². The third kappa shape index (κ3) is 12.8. The molecule has 1 saturated heterocycles. The van der Waals surface area contributed by atoms with Gasteiger partial charge in [0.2, 0.25) is 41.4 Å². The van der Waals surface area contributed by atoms with Crippen LogP contribution in [-0.4, -0.2) is 101 Å². The Morgan fingerprint density at radius 3 is 1.69 bits per heavy atom. The molecule has 0 radical (unpaired) electrons. The highest BCUT2D eigenvalue weighted by molar-refractivity contribution is 5.98. The van der Waals surface area contributed by atoms with E-state index in [1.54, 1.807) is 27.7 Å². The molecule has 1 heterocycles. The van der Waals surface area contributed by atoms with Crippen LogP contribution in [-0.2, 0) is 40.0 Å². The summed E-state index contributed by atoms with van der Waals surface area (Å²) in [5.41, 5.74) is 16.1. The van der Waals surface area contributed by atoms with E-state index in [1.165, 1.54) is 0 Å². The summed E-state index contributed by atoms with van der Waals surface area (Å²) in [4.78, 5) is 91.8. The summed E-state index contributed by atoms with van der Waals surface area (Å²) in [6.07, 6.45) is -0.413. The maximum absolute atomic E-state index is 14.0. The van der Waals surface area contributed by atoms with Crippen molar-refractivity contribution in [2.24, 2.45) is 29.0 Å². The Bertz CT molecular complexity index is 1470. The number of carbonyl (C=O) groups excluding carboxylic acids is 7. The zero-order chi connectivity index (χ0) is 39.4. The molecule has 0 unspecified atom stereocenters. The zero-order valence-electron chi connectivity index (χ0n) is 29.5. The van der Waals surface area contributed by atoms with Crippen LogP contribution in [0.2, 0.25) is 0 Å². The molecule has 0 saturated carbocycles. The summed E-state index contributed by atoms with van der Waals surface area (Å²) < 4.78 is 41.6. The molecule has 7 amide bonds. The lowest BCUT2D eigenvalue weighted by Crippen LogP contribution is -2.60. The van der Waals surface area contributed by atoms with Crippen LogP contribution < -0.4 is 38.5 Å². The van der Waals surface area contributed by atoms with Gasteiger partial charge < -0.3 is 48.5 Å². The van der Waals surface area contributed by atoms with Gasteiger partial charge in [-0.2, -0.15) is 0 Å². The second-order valence-corrected chi connectivity index (χ2v) is 13.6. The van der Waals surface area contributed by atoms with E-state index in [0.717, 1.165) is 4.90 Å². The minimum absolute atomic E-state index is 0.00350. The van der Waals surface area contributed by atoms with E-state index in [4.69, 9.17) is 17.2 Å². The standard InChI is InChI=1S/C33H49F3N8O8/c1-15(2)8-21(42-32(51)23(40-29(48)20(37)14-45)12-17-10-18(34)27(36)19(35)11-17)30(49)41-22(9-16(3)4)31(50)43-24(13-26(38)46)33(52)44-7-5-6-25(44)28(39)47/h10-11,15-16,20-25,45H,5-9,12-14,37H2,1-4H3,(H2,38,46)(H2,39,47)(H,40,48)(H,41,49)(H,42,51)(H,43,50)/t20-,21-,22-,23-,24-,25-/m0/s1. The summed E-state index contributed by atoms with van der Waals surface area (Å²) in [6.45, 7) is 6.29. The third-order valence-corrected chi connectivity index (χ3v) is 8.21. The molecule has 0 bridgehead atoms. The molecule has 1 aliphatic heterocycles. The van der Waals surface area contributed by atoms with Gasteiger partial charge in [0.05, 0.1) is 13.0 Å². The van der Waals surface area contributed by atoms with Gasteiger partial charge in [-0.05, 0) is 55.2 Å². The number of nitrogens with one attached hydrogen (secondary N) is 4. The number of aliphatic hydroxyl groups excluding tert-OH is 1. The van der Waals surface area contributed by atoms with Gasteiger partial charge in [0.1, 0.15) is 36.3 Å². The van der Waals surface area contributed by atoms with E-state index in [0.29, 0.717) is 25.0 Å². The average Bonchev–Trinajstić information content (AvgIpc) is 3.55. The third-order valence-electron chi connectivity index (χ3n) is 8.21. The van der Waals surface area contributed by atoms with Gasteiger partial charge in [-0.15, -0.1) is 0 Å². The molecule has 52 heavy (non-hydrogen) atoms. The molecule has 1 fully saturated rings. The zero-order valence-corrected chi connectivity index (χ0v) is 29.5. The van der Waals surface area contributed by atoms with Gasteiger partial charge >= 0.3 is 0 Å². The highest BCUT2D eigenvalue weighted by Gasteiger charge is 2.39.